The lowest BCUT2D eigenvalue weighted by Crippen LogP contribution is -2.52. The molecule has 0 bridgehead atoms. The van der Waals surface area contributed by atoms with Gasteiger partial charge in [0.1, 0.15) is 0 Å². The number of carbonyl (C=O) groups is 1. The summed E-state index contributed by atoms with van der Waals surface area (Å²) in [5.41, 5.74) is 6.52. The average Bonchev–Trinajstić information content (AvgIpc) is 2.50. The third-order valence-electron chi connectivity index (χ3n) is 5.17. The van der Waals surface area contributed by atoms with Gasteiger partial charge in [0.05, 0.1) is 5.41 Å². The lowest BCUT2D eigenvalue weighted by molar-refractivity contribution is -0.132. The van der Waals surface area contributed by atoms with Crippen LogP contribution in [0.15, 0.2) is 30.3 Å². The molecule has 0 aromatic heterocycles. The second kappa shape index (κ2) is 7.08. The van der Waals surface area contributed by atoms with Crippen LogP contribution >= 0.6 is 0 Å². The molecule has 1 aromatic carbocycles. The Hall–Kier alpha value is -1.35. The van der Waals surface area contributed by atoms with E-state index in [-0.39, 0.29) is 17.4 Å². The van der Waals surface area contributed by atoms with Crippen LogP contribution in [0.1, 0.15) is 53.0 Å². The molecule has 0 aliphatic carbocycles. The smallest absolute Gasteiger partial charge is 0.227 e. The number of hydrogen-bond acceptors (Lipinski definition) is 2. The third kappa shape index (κ3) is 3.65. The Morgan fingerprint density at radius 2 is 1.71 bits per heavy atom. The van der Waals surface area contributed by atoms with Gasteiger partial charge in [-0.25, -0.2) is 0 Å². The fraction of sp³-hybridized carbons (Fsp3) is 0.611. The highest BCUT2D eigenvalue weighted by Gasteiger charge is 2.37. The number of carbonyl (C=O) groups excluding carboxylic acids is 1. The van der Waals surface area contributed by atoms with Gasteiger partial charge < -0.3 is 11.1 Å². The Labute approximate surface area is 129 Å². The first-order valence-corrected chi connectivity index (χ1v) is 7.90. The van der Waals surface area contributed by atoms with Gasteiger partial charge >= 0.3 is 0 Å². The molecule has 1 rings (SSSR count). The van der Waals surface area contributed by atoms with E-state index in [4.69, 9.17) is 5.73 Å². The predicted molar refractivity (Wildman–Crippen MR) is 89.1 cm³/mol. The van der Waals surface area contributed by atoms with E-state index in [1.165, 1.54) is 5.56 Å². The van der Waals surface area contributed by atoms with Gasteiger partial charge in [0.25, 0.3) is 0 Å². The van der Waals surface area contributed by atoms with Crippen molar-refractivity contribution in [3.8, 4) is 0 Å². The Morgan fingerprint density at radius 1 is 1.19 bits per heavy atom. The van der Waals surface area contributed by atoms with Crippen molar-refractivity contribution in [2.45, 2.75) is 58.9 Å². The zero-order valence-corrected chi connectivity index (χ0v) is 14.1. The van der Waals surface area contributed by atoms with Gasteiger partial charge in [0.2, 0.25) is 5.91 Å². The largest absolute Gasteiger partial charge is 0.352 e. The molecule has 3 nitrogen and oxygen atoms in total. The van der Waals surface area contributed by atoms with Crippen molar-refractivity contribution in [3.05, 3.63) is 35.9 Å². The maximum atomic E-state index is 12.7. The van der Waals surface area contributed by atoms with Crippen LogP contribution in [0.2, 0.25) is 0 Å². The van der Waals surface area contributed by atoms with Crippen LogP contribution in [0.3, 0.4) is 0 Å². The summed E-state index contributed by atoms with van der Waals surface area (Å²) in [5.74, 6) is 0.0755. The number of nitrogens with one attached hydrogen (secondary N) is 1. The minimum Gasteiger partial charge on any atom is -0.352 e. The number of hydrogen-bond donors (Lipinski definition) is 2. The quantitative estimate of drug-likeness (QED) is 0.810. The summed E-state index contributed by atoms with van der Waals surface area (Å²) in [4.78, 5) is 12.7. The highest BCUT2D eigenvalue weighted by Crippen LogP contribution is 2.29. The van der Waals surface area contributed by atoms with Crippen LogP contribution in [0.5, 0.6) is 0 Å². The molecule has 0 aliphatic heterocycles. The first-order valence-electron chi connectivity index (χ1n) is 7.90. The van der Waals surface area contributed by atoms with Crippen LogP contribution < -0.4 is 11.1 Å². The number of benzene rings is 1. The summed E-state index contributed by atoms with van der Waals surface area (Å²) in [6, 6.07) is 10.3. The zero-order chi connectivity index (χ0) is 16.1. The number of amides is 1. The molecular weight excluding hydrogens is 260 g/mol. The Kier molecular flexibility index (Phi) is 5.97. The molecule has 0 saturated heterocycles. The molecule has 0 saturated carbocycles. The Morgan fingerprint density at radius 3 is 2.14 bits per heavy atom. The first-order chi connectivity index (χ1) is 9.84. The molecule has 1 unspecified atom stereocenters. The van der Waals surface area contributed by atoms with E-state index in [1.54, 1.807) is 0 Å². The standard InChI is InChI=1S/C18H30N2O/c1-6-18(7-2,13-19)16(21)20-14(3)17(4,5)15-11-9-8-10-12-15/h8-12,14H,6-7,13,19H2,1-5H3,(H,20,21). The fourth-order valence-corrected chi connectivity index (χ4v) is 2.60. The maximum absolute atomic E-state index is 12.7. The minimum atomic E-state index is -0.443. The summed E-state index contributed by atoms with van der Waals surface area (Å²) in [6.45, 7) is 10.8. The van der Waals surface area contributed by atoms with Gasteiger partial charge in [-0.1, -0.05) is 58.0 Å². The molecule has 1 amide bonds. The SMILES string of the molecule is CCC(CC)(CN)C(=O)NC(C)C(C)(C)c1ccccc1. The highest BCUT2D eigenvalue weighted by atomic mass is 16.2. The predicted octanol–water partition coefficient (Wildman–Crippen LogP) is 3.23. The van der Waals surface area contributed by atoms with Gasteiger partial charge in [0, 0.05) is 18.0 Å². The second-order valence-electron chi connectivity index (χ2n) is 6.47. The summed E-state index contributed by atoms with van der Waals surface area (Å²) in [6.07, 6.45) is 1.54. The molecule has 118 valence electrons. The Balaban J connectivity index is 2.90. The van der Waals surface area contributed by atoms with Crippen molar-refractivity contribution in [1.82, 2.24) is 5.32 Å². The molecule has 3 heteroatoms. The minimum absolute atomic E-state index is 0.0384. The number of nitrogens with two attached hydrogens (primary N) is 1. The van der Waals surface area contributed by atoms with Gasteiger partial charge in [-0.2, -0.15) is 0 Å². The van der Waals surface area contributed by atoms with Crippen LogP contribution in [0.25, 0.3) is 0 Å². The molecule has 1 aromatic rings. The molecule has 1 atom stereocenters. The molecule has 0 fully saturated rings. The second-order valence-corrected chi connectivity index (χ2v) is 6.47. The molecule has 0 aliphatic rings. The van der Waals surface area contributed by atoms with Gasteiger partial charge in [-0.05, 0) is 25.3 Å². The van der Waals surface area contributed by atoms with E-state index in [0.717, 1.165) is 12.8 Å². The number of rotatable bonds is 7. The lowest BCUT2D eigenvalue weighted by atomic mass is 9.76. The van der Waals surface area contributed by atoms with Gasteiger partial charge in [0.15, 0.2) is 0 Å². The first kappa shape index (κ1) is 17.7. The fourth-order valence-electron chi connectivity index (χ4n) is 2.60. The molecule has 3 N–H and O–H groups in total. The molecule has 0 radical (unpaired) electrons. The summed E-state index contributed by atoms with van der Waals surface area (Å²) in [7, 11) is 0. The van der Waals surface area contributed by atoms with Gasteiger partial charge in [-0.3, -0.25) is 4.79 Å². The van der Waals surface area contributed by atoms with Crippen LogP contribution in [0, 0.1) is 5.41 Å². The Bertz CT molecular complexity index is 441. The summed E-state index contributed by atoms with van der Waals surface area (Å²) < 4.78 is 0. The molecule has 0 spiro atoms. The van der Waals surface area contributed by atoms with Crippen molar-refractivity contribution in [3.63, 3.8) is 0 Å². The lowest BCUT2D eigenvalue weighted by Gasteiger charge is -2.37. The normalized spacial score (nSPS) is 13.8. The van der Waals surface area contributed by atoms with Crippen molar-refractivity contribution in [2.75, 3.05) is 6.54 Å². The molecule has 0 heterocycles. The summed E-state index contributed by atoms with van der Waals surface area (Å²) >= 11 is 0. The van der Waals surface area contributed by atoms with E-state index in [0.29, 0.717) is 6.54 Å². The average molecular weight is 290 g/mol. The maximum Gasteiger partial charge on any atom is 0.227 e. The van der Waals surface area contributed by atoms with E-state index >= 15 is 0 Å². The van der Waals surface area contributed by atoms with E-state index in [1.807, 2.05) is 32.0 Å². The van der Waals surface area contributed by atoms with Gasteiger partial charge in [-0.15, -0.1) is 0 Å². The van der Waals surface area contributed by atoms with Crippen molar-refractivity contribution in [2.24, 2.45) is 11.1 Å². The molecular formula is C18H30N2O. The van der Waals surface area contributed by atoms with E-state index < -0.39 is 5.41 Å². The van der Waals surface area contributed by atoms with E-state index in [2.05, 4.69) is 38.2 Å². The summed E-state index contributed by atoms with van der Waals surface area (Å²) in [5, 5.41) is 3.19. The molecule has 21 heavy (non-hydrogen) atoms. The van der Waals surface area contributed by atoms with Crippen molar-refractivity contribution >= 4 is 5.91 Å². The van der Waals surface area contributed by atoms with Crippen LogP contribution in [-0.4, -0.2) is 18.5 Å². The van der Waals surface area contributed by atoms with Crippen LogP contribution in [-0.2, 0) is 10.2 Å². The highest BCUT2D eigenvalue weighted by molar-refractivity contribution is 5.83. The van der Waals surface area contributed by atoms with Crippen molar-refractivity contribution in [1.29, 1.82) is 0 Å². The van der Waals surface area contributed by atoms with Crippen molar-refractivity contribution < 1.29 is 4.79 Å². The third-order valence-corrected chi connectivity index (χ3v) is 5.17. The monoisotopic (exact) mass is 290 g/mol. The zero-order valence-electron chi connectivity index (χ0n) is 14.1. The van der Waals surface area contributed by atoms with Crippen LogP contribution in [0.4, 0.5) is 0 Å². The van der Waals surface area contributed by atoms with E-state index in [9.17, 15) is 4.79 Å². The topological polar surface area (TPSA) is 55.1 Å².